The summed E-state index contributed by atoms with van der Waals surface area (Å²) < 4.78 is 25.4. The number of rotatable bonds is 4. The maximum atomic E-state index is 7.06. The minimum Gasteiger partial charge on any atom is -0.551 e. The average Bonchev–Trinajstić information content (AvgIpc) is 4.04. The van der Waals surface area contributed by atoms with Gasteiger partial charge in [0.2, 0.25) is 0 Å². The lowest BCUT2D eigenvalue weighted by Crippen LogP contribution is -2.53. The van der Waals surface area contributed by atoms with Crippen molar-refractivity contribution in [3.63, 3.8) is 0 Å². The standard InChI is InChI=1S/C60H35BN2O3/c1-2-15-40(46-20-13-21-47-45-19-6-11-26-55(45)65-60(46)47)39(14-1)36-28-31-56-48(32-36)49-33-38(35-58-59(49)61(66-56)50-22-7-12-27-57(50)64-58)63-53-25-10-5-18-43(53)44-30-29-37(34-54(44)63)62-51-23-8-3-16-41(51)42-17-4-9-24-52(42)62/h1-35H. The van der Waals surface area contributed by atoms with Gasteiger partial charge < -0.3 is 22.9 Å². The molecule has 0 N–H and O–H groups in total. The van der Waals surface area contributed by atoms with E-state index < -0.39 is 0 Å². The minimum absolute atomic E-state index is 0.328. The van der Waals surface area contributed by atoms with Crippen molar-refractivity contribution in [1.82, 2.24) is 9.13 Å². The molecule has 306 valence electrons. The van der Waals surface area contributed by atoms with Crippen LogP contribution in [0.15, 0.2) is 217 Å². The Hall–Kier alpha value is -8.74. The maximum absolute atomic E-state index is 7.06. The van der Waals surface area contributed by atoms with E-state index in [9.17, 15) is 0 Å². The van der Waals surface area contributed by atoms with E-state index in [4.69, 9.17) is 13.8 Å². The molecule has 0 bridgehead atoms. The van der Waals surface area contributed by atoms with Crippen LogP contribution in [0.25, 0.3) is 110 Å². The van der Waals surface area contributed by atoms with Crippen LogP contribution < -0.4 is 20.3 Å². The first-order chi connectivity index (χ1) is 32.7. The van der Waals surface area contributed by atoms with E-state index in [0.29, 0.717) is 0 Å². The van der Waals surface area contributed by atoms with Gasteiger partial charge in [0.25, 0.3) is 0 Å². The molecular weight excluding hydrogens is 807 g/mol. The molecule has 0 unspecified atom stereocenters. The molecule has 0 fully saturated rings. The topological polar surface area (TPSA) is 41.5 Å². The van der Waals surface area contributed by atoms with Crippen molar-refractivity contribution in [2.24, 2.45) is 0 Å². The quantitative estimate of drug-likeness (QED) is 0.166. The van der Waals surface area contributed by atoms with Gasteiger partial charge in [-0.25, -0.2) is 0 Å². The first-order valence-electron chi connectivity index (χ1n) is 22.5. The van der Waals surface area contributed by atoms with E-state index in [1.807, 2.05) is 24.3 Å². The number of hydrogen-bond acceptors (Lipinski definition) is 3. The van der Waals surface area contributed by atoms with Crippen LogP contribution in [0.4, 0.5) is 0 Å². The van der Waals surface area contributed by atoms with Crippen molar-refractivity contribution in [3.05, 3.63) is 212 Å². The Morgan fingerprint density at radius 3 is 1.76 bits per heavy atom. The summed E-state index contributed by atoms with van der Waals surface area (Å²) in [6, 6.07) is 75.9. The van der Waals surface area contributed by atoms with Crippen LogP contribution in [0.1, 0.15) is 0 Å². The van der Waals surface area contributed by atoms with Crippen molar-refractivity contribution >= 4 is 83.4 Å². The number of nitrogens with zero attached hydrogens (tertiary/aromatic N) is 2. The fourth-order valence-corrected chi connectivity index (χ4v) is 11.1. The number of furan rings is 1. The molecule has 5 nitrogen and oxygen atoms in total. The Labute approximate surface area is 379 Å². The van der Waals surface area contributed by atoms with Crippen LogP contribution in [-0.4, -0.2) is 16.0 Å². The summed E-state index contributed by atoms with van der Waals surface area (Å²) >= 11 is 0. The molecule has 66 heavy (non-hydrogen) atoms. The van der Waals surface area contributed by atoms with Crippen molar-refractivity contribution in [1.29, 1.82) is 0 Å². The van der Waals surface area contributed by atoms with Crippen molar-refractivity contribution in [3.8, 4) is 62.0 Å². The molecule has 0 radical (unpaired) electrons. The highest BCUT2D eigenvalue weighted by molar-refractivity contribution is 6.84. The van der Waals surface area contributed by atoms with Gasteiger partial charge >= 0.3 is 6.92 Å². The Bertz CT molecular complexity index is 4160. The molecule has 0 amide bonds. The highest BCUT2D eigenvalue weighted by Crippen LogP contribution is 2.46. The Morgan fingerprint density at radius 1 is 0.348 bits per heavy atom. The molecule has 0 saturated carbocycles. The Morgan fingerprint density at radius 2 is 0.970 bits per heavy atom. The number of para-hydroxylation sites is 6. The van der Waals surface area contributed by atoms with Crippen LogP contribution in [0.2, 0.25) is 0 Å². The smallest absolute Gasteiger partial charge is 0.434 e. The summed E-state index contributed by atoms with van der Waals surface area (Å²) in [6.45, 7) is -0.328. The van der Waals surface area contributed by atoms with Crippen LogP contribution in [0, 0.1) is 0 Å². The molecule has 0 spiro atoms. The number of hydrogen-bond donors (Lipinski definition) is 0. The zero-order chi connectivity index (χ0) is 43.0. The summed E-state index contributed by atoms with van der Waals surface area (Å²) in [5.41, 5.74) is 17.0. The molecule has 0 atom stereocenters. The van der Waals surface area contributed by atoms with E-state index >= 15 is 0 Å². The van der Waals surface area contributed by atoms with Crippen LogP contribution in [0.5, 0.6) is 17.2 Å². The molecule has 5 heterocycles. The van der Waals surface area contributed by atoms with Gasteiger partial charge in [-0.05, 0) is 82.9 Å². The summed E-state index contributed by atoms with van der Waals surface area (Å²) in [4.78, 5) is 0. The second-order valence-corrected chi connectivity index (χ2v) is 17.5. The second-order valence-electron chi connectivity index (χ2n) is 17.5. The van der Waals surface area contributed by atoms with Crippen LogP contribution in [0.3, 0.4) is 0 Å². The lowest BCUT2D eigenvalue weighted by atomic mass is 9.51. The Kier molecular flexibility index (Phi) is 7.24. The summed E-state index contributed by atoms with van der Waals surface area (Å²) in [7, 11) is 0. The van der Waals surface area contributed by atoms with E-state index in [1.54, 1.807) is 0 Å². The van der Waals surface area contributed by atoms with Gasteiger partial charge in [-0.15, -0.1) is 0 Å². The molecule has 15 rings (SSSR count). The van der Waals surface area contributed by atoms with Gasteiger partial charge in [-0.2, -0.15) is 0 Å². The Balaban J connectivity index is 0.961. The molecule has 13 aromatic rings. The lowest BCUT2D eigenvalue weighted by molar-refractivity contribution is 0.479. The van der Waals surface area contributed by atoms with Gasteiger partial charge in [-0.3, -0.25) is 0 Å². The zero-order valence-electron chi connectivity index (χ0n) is 35.4. The molecule has 2 aliphatic heterocycles. The third-order valence-corrected chi connectivity index (χ3v) is 14.0. The summed E-state index contributed by atoms with van der Waals surface area (Å²) in [5, 5.41) is 7.09. The first kappa shape index (κ1) is 35.7. The fraction of sp³-hybridized carbons (Fsp3) is 0. The monoisotopic (exact) mass is 842 g/mol. The van der Waals surface area contributed by atoms with Gasteiger partial charge in [0, 0.05) is 66.1 Å². The zero-order valence-corrected chi connectivity index (χ0v) is 35.4. The summed E-state index contributed by atoms with van der Waals surface area (Å²) in [6.07, 6.45) is 0. The van der Waals surface area contributed by atoms with Crippen LogP contribution >= 0.6 is 0 Å². The van der Waals surface area contributed by atoms with E-state index in [-0.39, 0.29) is 6.92 Å². The SMILES string of the molecule is c1ccc2c(c1)Oc1cc(-n3c4ccccc4c4ccc(-n5c6ccccc6c6ccccc65)cc43)cc3c1B2Oc1ccc(-c2ccccc2-c2cccc4c2oc2ccccc24)cc1-3. The van der Waals surface area contributed by atoms with Crippen LogP contribution in [-0.2, 0) is 0 Å². The highest BCUT2D eigenvalue weighted by atomic mass is 16.5. The first-order valence-corrected chi connectivity index (χ1v) is 22.5. The van der Waals surface area contributed by atoms with E-state index in [0.717, 1.165) is 106 Å². The predicted molar refractivity (Wildman–Crippen MR) is 271 cm³/mol. The lowest BCUT2D eigenvalue weighted by Gasteiger charge is -2.33. The molecule has 2 aliphatic rings. The van der Waals surface area contributed by atoms with Gasteiger partial charge in [0.05, 0.1) is 27.8 Å². The maximum Gasteiger partial charge on any atom is 0.434 e. The normalized spacial score (nSPS) is 12.8. The number of fused-ring (bicyclic) bond motifs is 13. The molecule has 0 aliphatic carbocycles. The molecule has 6 heteroatoms. The third-order valence-electron chi connectivity index (χ3n) is 14.0. The van der Waals surface area contributed by atoms with Crippen molar-refractivity contribution in [2.75, 3.05) is 0 Å². The number of ether oxygens (including phenoxy) is 1. The third kappa shape index (κ3) is 4.95. The summed E-state index contributed by atoms with van der Waals surface area (Å²) in [5.74, 6) is 2.44. The molecule has 3 aromatic heterocycles. The van der Waals surface area contributed by atoms with Gasteiger partial charge in [0.15, 0.2) is 0 Å². The number of aromatic nitrogens is 2. The number of benzene rings is 10. The fourth-order valence-electron chi connectivity index (χ4n) is 11.1. The van der Waals surface area contributed by atoms with E-state index in [1.165, 1.54) is 32.6 Å². The van der Waals surface area contributed by atoms with Gasteiger partial charge in [0.1, 0.15) is 28.4 Å². The van der Waals surface area contributed by atoms with Crippen molar-refractivity contribution in [2.45, 2.75) is 0 Å². The van der Waals surface area contributed by atoms with E-state index in [2.05, 4.69) is 197 Å². The second kappa shape index (κ2) is 13.4. The molecule has 10 aromatic carbocycles. The molecule has 0 saturated heterocycles. The highest BCUT2D eigenvalue weighted by Gasteiger charge is 2.41. The largest absolute Gasteiger partial charge is 0.551 e. The average molecular weight is 843 g/mol. The van der Waals surface area contributed by atoms with Crippen molar-refractivity contribution < 1.29 is 13.8 Å². The molecular formula is C60H35BN2O3. The van der Waals surface area contributed by atoms with Gasteiger partial charge in [-0.1, -0.05) is 146 Å². The minimum atomic E-state index is -0.328. The predicted octanol–water partition coefficient (Wildman–Crippen LogP) is 14.4.